The van der Waals surface area contributed by atoms with Crippen molar-refractivity contribution in [2.45, 2.75) is 39.5 Å². The second kappa shape index (κ2) is 6.39. The molecule has 0 amide bonds. The van der Waals surface area contributed by atoms with E-state index in [1.54, 1.807) is 0 Å². The van der Waals surface area contributed by atoms with Gasteiger partial charge in [0, 0.05) is 5.33 Å². The Morgan fingerprint density at radius 1 is 1.31 bits per heavy atom. The maximum Gasteiger partial charge on any atom is 0.150 e. The van der Waals surface area contributed by atoms with Crippen molar-refractivity contribution in [2.24, 2.45) is 17.8 Å². The Morgan fingerprint density at radius 2 is 2.00 bits per heavy atom. The number of sulfone groups is 1. The molecule has 1 rings (SSSR count). The Bertz CT molecular complexity index is 298. The van der Waals surface area contributed by atoms with Crippen LogP contribution in [0.2, 0.25) is 0 Å². The van der Waals surface area contributed by atoms with E-state index in [1.165, 1.54) is 19.3 Å². The molecule has 0 spiro atoms. The lowest BCUT2D eigenvalue weighted by molar-refractivity contribution is 0.357. The summed E-state index contributed by atoms with van der Waals surface area (Å²) in [5.74, 6) is 2.53. The second-order valence-corrected chi connectivity index (χ2v) is 8.28. The van der Waals surface area contributed by atoms with E-state index in [2.05, 4.69) is 29.8 Å². The van der Waals surface area contributed by atoms with Crippen molar-refractivity contribution in [3.63, 3.8) is 0 Å². The van der Waals surface area contributed by atoms with Crippen LogP contribution in [0.4, 0.5) is 0 Å². The Balaban J connectivity index is 2.37. The molecule has 0 saturated carbocycles. The molecule has 1 aliphatic heterocycles. The molecule has 0 aromatic rings. The van der Waals surface area contributed by atoms with E-state index in [1.807, 2.05) is 0 Å². The molecule has 16 heavy (non-hydrogen) atoms. The minimum Gasteiger partial charge on any atom is -0.229 e. The summed E-state index contributed by atoms with van der Waals surface area (Å²) in [6, 6.07) is 0. The minimum atomic E-state index is -2.71. The molecule has 2 unspecified atom stereocenters. The maximum absolute atomic E-state index is 11.4. The average Bonchev–Trinajstić information content (AvgIpc) is 2.53. The summed E-state index contributed by atoms with van der Waals surface area (Å²) in [5.41, 5.74) is 0. The van der Waals surface area contributed by atoms with Crippen molar-refractivity contribution in [1.29, 1.82) is 0 Å². The van der Waals surface area contributed by atoms with Gasteiger partial charge in [-0.05, 0) is 30.6 Å². The summed E-state index contributed by atoms with van der Waals surface area (Å²) in [6.07, 6.45) is 4.53. The summed E-state index contributed by atoms with van der Waals surface area (Å²) in [7, 11) is -2.71. The van der Waals surface area contributed by atoms with E-state index in [-0.39, 0.29) is 0 Å². The topological polar surface area (TPSA) is 34.1 Å². The molecule has 96 valence electrons. The highest BCUT2D eigenvalue weighted by Crippen LogP contribution is 2.31. The first-order chi connectivity index (χ1) is 7.44. The van der Waals surface area contributed by atoms with Gasteiger partial charge >= 0.3 is 0 Å². The van der Waals surface area contributed by atoms with Crippen molar-refractivity contribution < 1.29 is 8.42 Å². The molecule has 1 aliphatic rings. The van der Waals surface area contributed by atoms with Gasteiger partial charge in [0.05, 0.1) is 11.5 Å². The summed E-state index contributed by atoms with van der Waals surface area (Å²) in [4.78, 5) is 0. The van der Waals surface area contributed by atoms with E-state index in [0.29, 0.717) is 23.3 Å². The number of hydrogen-bond acceptors (Lipinski definition) is 2. The molecule has 0 aromatic carbocycles. The third kappa shape index (κ3) is 4.74. The number of rotatable bonds is 6. The Morgan fingerprint density at radius 3 is 2.44 bits per heavy atom. The molecule has 2 atom stereocenters. The quantitative estimate of drug-likeness (QED) is 0.706. The zero-order valence-corrected chi connectivity index (χ0v) is 12.7. The zero-order chi connectivity index (χ0) is 12.2. The lowest BCUT2D eigenvalue weighted by Crippen LogP contribution is -2.18. The van der Waals surface area contributed by atoms with E-state index in [9.17, 15) is 8.42 Å². The molecular formula is C12H23BrO2S. The lowest BCUT2D eigenvalue weighted by atomic mass is 9.88. The van der Waals surface area contributed by atoms with Crippen molar-refractivity contribution in [3.8, 4) is 0 Å². The average molecular weight is 311 g/mol. The smallest absolute Gasteiger partial charge is 0.150 e. The first kappa shape index (κ1) is 14.5. The zero-order valence-electron chi connectivity index (χ0n) is 10.3. The van der Waals surface area contributed by atoms with Crippen LogP contribution in [0.5, 0.6) is 0 Å². The van der Waals surface area contributed by atoms with Crippen molar-refractivity contribution in [3.05, 3.63) is 0 Å². The van der Waals surface area contributed by atoms with Crippen LogP contribution in [0.25, 0.3) is 0 Å². The van der Waals surface area contributed by atoms with Gasteiger partial charge in [0.25, 0.3) is 0 Å². The highest BCUT2D eigenvalue weighted by Gasteiger charge is 2.32. The molecule has 2 nitrogen and oxygen atoms in total. The van der Waals surface area contributed by atoms with E-state index in [4.69, 9.17) is 0 Å². The van der Waals surface area contributed by atoms with Crippen LogP contribution in [0.3, 0.4) is 0 Å². The first-order valence-corrected chi connectivity index (χ1v) is 9.15. The van der Waals surface area contributed by atoms with Crippen LogP contribution in [-0.4, -0.2) is 25.3 Å². The Labute approximate surface area is 108 Å². The fraction of sp³-hybridized carbons (Fsp3) is 1.00. The van der Waals surface area contributed by atoms with Gasteiger partial charge in [-0.25, -0.2) is 8.42 Å². The predicted molar refractivity (Wildman–Crippen MR) is 72.7 cm³/mol. The predicted octanol–water partition coefficient (Wildman–Crippen LogP) is 3.26. The molecule has 0 radical (unpaired) electrons. The van der Waals surface area contributed by atoms with E-state index < -0.39 is 9.84 Å². The molecule has 0 N–H and O–H groups in total. The number of halogens is 1. The van der Waals surface area contributed by atoms with Crippen molar-refractivity contribution in [1.82, 2.24) is 0 Å². The summed E-state index contributed by atoms with van der Waals surface area (Å²) in [5, 5.41) is 0.950. The molecule has 0 aliphatic carbocycles. The largest absolute Gasteiger partial charge is 0.229 e. The SMILES string of the molecule is CC(C)CCCC(CBr)C1CCS(=O)(=O)C1. The maximum atomic E-state index is 11.4. The third-order valence-electron chi connectivity index (χ3n) is 3.49. The van der Waals surface area contributed by atoms with Gasteiger partial charge in [-0.3, -0.25) is 0 Å². The molecule has 1 saturated heterocycles. The fourth-order valence-electron chi connectivity index (χ4n) is 2.42. The minimum absolute atomic E-state index is 0.400. The molecule has 1 fully saturated rings. The van der Waals surface area contributed by atoms with Gasteiger partial charge in [-0.1, -0.05) is 42.6 Å². The van der Waals surface area contributed by atoms with Crippen LogP contribution in [0.1, 0.15) is 39.5 Å². The van der Waals surface area contributed by atoms with Crippen LogP contribution in [0.15, 0.2) is 0 Å². The van der Waals surface area contributed by atoms with Gasteiger partial charge in [0.1, 0.15) is 0 Å². The molecular weight excluding hydrogens is 288 g/mol. The van der Waals surface area contributed by atoms with Crippen molar-refractivity contribution >= 4 is 25.8 Å². The molecule has 1 heterocycles. The van der Waals surface area contributed by atoms with E-state index in [0.717, 1.165) is 17.7 Å². The van der Waals surface area contributed by atoms with Crippen molar-refractivity contribution in [2.75, 3.05) is 16.8 Å². The van der Waals surface area contributed by atoms with Gasteiger partial charge in [0.15, 0.2) is 9.84 Å². The number of hydrogen-bond donors (Lipinski definition) is 0. The lowest BCUT2D eigenvalue weighted by Gasteiger charge is -2.20. The Hall–Kier alpha value is 0.430. The van der Waals surface area contributed by atoms with Crippen LogP contribution < -0.4 is 0 Å². The standard InChI is InChI=1S/C12H23BrO2S/c1-10(2)4-3-5-11(8-13)12-6-7-16(14,15)9-12/h10-12H,3-9H2,1-2H3. The van der Waals surface area contributed by atoms with Gasteiger partial charge < -0.3 is 0 Å². The monoisotopic (exact) mass is 310 g/mol. The van der Waals surface area contributed by atoms with Gasteiger partial charge in [0.2, 0.25) is 0 Å². The third-order valence-corrected chi connectivity index (χ3v) is 6.11. The normalized spacial score (nSPS) is 26.1. The summed E-state index contributed by atoms with van der Waals surface area (Å²) < 4.78 is 22.9. The highest BCUT2D eigenvalue weighted by molar-refractivity contribution is 9.09. The molecule has 0 bridgehead atoms. The molecule has 0 aromatic heterocycles. The highest BCUT2D eigenvalue weighted by atomic mass is 79.9. The van der Waals surface area contributed by atoms with Gasteiger partial charge in [-0.2, -0.15) is 0 Å². The fourth-order valence-corrected chi connectivity index (χ4v) is 5.19. The van der Waals surface area contributed by atoms with Crippen LogP contribution in [-0.2, 0) is 9.84 Å². The molecule has 4 heteroatoms. The number of alkyl halides is 1. The second-order valence-electron chi connectivity index (χ2n) is 5.40. The first-order valence-electron chi connectivity index (χ1n) is 6.21. The Kier molecular flexibility index (Phi) is 5.78. The summed E-state index contributed by atoms with van der Waals surface area (Å²) in [6.45, 7) is 4.48. The van der Waals surface area contributed by atoms with Crippen LogP contribution in [0, 0.1) is 17.8 Å². The van der Waals surface area contributed by atoms with Crippen LogP contribution >= 0.6 is 15.9 Å². The van der Waals surface area contributed by atoms with Gasteiger partial charge in [-0.15, -0.1) is 0 Å². The van der Waals surface area contributed by atoms with E-state index >= 15 is 0 Å². The summed E-state index contributed by atoms with van der Waals surface area (Å²) >= 11 is 3.54.